The molecule has 1 aromatic carbocycles. The van der Waals surface area contributed by atoms with E-state index in [-0.39, 0.29) is 5.54 Å². The number of hydrogen-bond acceptors (Lipinski definition) is 4. The van der Waals surface area contributed by atoms with Crippen LogP contribution in [0.15, 0.2) is 22.7 Å². The van der Waals surface area contributed by atoms with E-state index in [9.17, 15) is 5.26 Å². The third kappa shape index (κ3) is 3.27. The second kappa shape index (κ2) is 6.38. The first-order valence-electron chi connectivity index (χ1n) is 6.37. The van der Waals surface area contributed by atoms with Crippen molar-refractivity contribution in [1.29, 1.82) is 5.26 Å². The van der Waals surface area contributed by atoms with Gasteiger partial charge in [0.25, 0.3) is 0 Å². The largest absolute Gasteiger partial charge is 0.383 e. The van der Waals surface area contributed by atoms with Crippen molar-refractivity contribution in [3.63, 3.8) is 0 Å². The quantitative estimate of drug-likeness (QED) is 0.874. The summed E-state index contributed by atoms with van der Waals surface area (Å²) in [6.07, 6.45) is 2.25. The molecule has 1 fully saturated rings. The maximum absolute atomic E-state index is 9.20. The van der Waals surface area contributed by atoms with Crippen molar-refractivity contribution in [3.05, 3.63) is 28.2 Å². The lowest BCUT2D eigenvalue weighted by atomic mass is 9.98. The van der Waals surface area contributed by atoms with Gasteiger partial charge in [-0.25, -0.2) is 0 Å². The molecule has 0 spiro atoms. The summed E-state index contributed by atoms with van der Waals surface area (Å²) in [4.78, 5) is 0. The molecule has 1 unspecified atom stereocenters. The van der Waals surface area contributed by atoms with Crippen LogP contribution >= 0.6 is 15.9 Å². The minimum Gasteiger partial charge on any atom is -0.383 e. The summed E-state index contributed by atoms with van der Waals surface area (Å²) in [6.45, 7) is 2.45. The molecule has 5 heteroatoms. The Kier molecular flexibility index (Phi) is 4.81. The average Bonchev–Trinajstić information content (AvgIpc) is 2.86. The van der Waals surface area contributed by atoms with Crippen LogP contribution in [0.2, 0.25) is 0 Å². The Morgan fingerprint density at radius 1 is 1.58 bits per heavy atom. The molecule has 102 valence electrons. The summed E-state index contributed by atoms with van der Waals surface area (Å²) >= 11 is 3.40. The van der Waals surface area contributed by atoms with Gasteiger partial charge in [-0.3, -0.25) is 0 Å². The van der Waals surface area contributed by atoms with E-state index in [4.69, 9.17) is 4.74 Å². The Hall–Kier alpha value is -1.09. The van der Waals surface area contributed by atoms with E-state index in [0.717, 1.165) is 36.1 Å². The second-order valence-electron chi connectivity index (χ2n) is 4.87. The van der Waals surface area contributed by atoms with Gasteiger partial charge in [-0.2, -0.15) is 5.26 Å². The van der Waals surface area contributed by atoms with Crippen molar-refractivity contribution in [2.24, 2.45) is 0 Å². The van der Waals surface area contributed by atoms with Crippen LogP contribution in [0.3, 0.4) is 0 Å². The number of nitrogens with one attached hydrogen (secondary N) is 2. The molecule has 0 aromatic heterocycles. The standard InChI is InChI=1S/C14H18BrN3O/c1-19-10-14(6-3-7-18-14)9-17-13-5-2-4-12(15)11(13)8-16/h2,4-5,17-18H,3,6-7,9-10H2,1H3. The van der Waals surface area contributed by atoms with Gasteiger partial charge in [0.2, 0.25) is 0 Å². The van der Waals surface area contributed by atoms with Gasteiger partial charge in [-0.1, -0.05) is 6.07 Å². The highest BCUT2D eigenvalue weighted by Gasteiger charge is 2.33. The van der Waals surface area contributed by atoms with E-state index >= 15 is 0 Å². The Labute approximate surface area is 122 Å². The normalized spacial score (nSPS) is 22.2. The minimum atomic E-state index is -0.0240. The minimum absolute atomic E-state index is 0.0240. The summed E-state index contributed by atoms with van der Waals surface area (Å²) in [5, 5.41) is 16.1. The topological polar surface area (TPSA) is 57.1 Å². The number of ether oxygens (including phenoxy) is 1. The molecule has 0 amide bonds. The van der Waals surface area contributed by atoms with Crippen molar-refractivity contribution < 1.29 is 4.74 Å². The molecule has 4 nitrogen and oxygen atoms in total. The van der Waals surface area contributed by atoms with Crippen molar-refractivity contribution in [2.45, 2.75) is 18.4 Å². The number of rotatable bonds is 5. The predicted octanol–water partition coefficient (Wildman–Crippen LogP) is 2.50. The predicted molar refractivity (Wildman–Crippen MR) is 79.2 cm³/mol. The van der Waals surface area contributed by atoms with Crippen molar-refractivity contribution in [2.75, 3.05) is 32.1 Å². The SMILES string of the molecule is COCC1(CNc2cccc(Br)c2C#N)CCCN1. The van der Waals surface area contributed by atoms with Gasteiger partial charge in [0.1, 0.15) is 6.07 Å². The second-order valence-corrected chi connectivity index (χ2v) is 5.73. The van der Waals surface area contributed by atoms with Crippen LogP contribution in [-0.2, 0) is 4.74 Å². The van der Waals surface area contributed by atoms with Crippen LogP contribution in [0.25, 0.3) is 0 Å². The molecule has 2 rings (SSSR count). The zero-order valence-electron chi connectivity index (χ0n) is 11.0. The fourth-order valence-corrected chi connectivity index (χ4v) is 2.97. The van der Waals surface area contributed by atoms with E-state index in [1.807, 2.05) is 18.2 Å². The average molecular weight is 324 g/mol. The molecule has 0 saturated carbocycles. The summed E-state index contributed by atoms with van der Waals surface area (Å²) in [5.74, 6) is 0. The van der Waals surface area contributed by atoms with Gasteiger partial charge in [-0.15, -0.1) is 0 Å². The maximum Gasteiger partial charge on any atom is 0.103 e. The number of methoxy groups -OCH3 is 1. The number of hydrogen-bond donors (Lipinski definition) is 2. The van der Waals surface area contributed by atoms with Crippen molar-refractivity contribution >= 4 is 21.6 Å². The van der Waals surface area contributed by atoms with Crippen LogP contribution in [-0.4, -0.2) is 32.3 Å². The summed E-state index contributed by atoms with van der Waals surface area (Å²) < 4.78 is 6.14. The molecular weight excluding hydrogens is 306 g/mol. The first-order valence-corrected chi connectivity index (χ1v) is 7.16. The maximum atomic E-state index is 9.20. The van der Waals surface area contributed by atoms with Gasteiger partial charge < -0.3 is 15.4 Å². The zero-order chi connectivity index (χ0) is 13.7. The molecule has 1 aromatic rings. The molecular formula is C14H18BrN3O. The lowest BCUT2D eigenvalue weighted by Crippen LogP contribution is -2.49. The van der Waals surface area contributed by atoms with Crippen LogP contribution in [0, 0.1) is 11.3 Å². The molecule has 0 aliphatic carbocycles. The van der Waals surface area contributed by atoms with Gasteiger partial charge in [0.15, 0.2) is 0 Å². The van der Waals surface area contributed by atoms with E-state index in [0.29, 0.717) is 12.2 Å². The van der Waals surface area contributed by atoms with Crippen LogP contribution in [0.5, 0.6) is 0 Å². The highest BCUT2D eigenvalue weighted by Crippen LogP contribution is 2.26. The number of halogens is 1. The molecule has 1 aliphatic heterocycles. The zero-order valence-corrected chi connectivity index (χ0v) is 12.6. The first kappa shape index (κ1) is 14.3. The third-order valence-corrected chi connectivity index (χ3v) is 4.16. The molecule has 1 heterocycles. The van der Waals surface area contributed by atoms with E-state index in [1.54, 1.807) is 7.11 Å². The summed E-state index contributed by atoms with van der Waals surface area (Å²) in [7, 11) is 1.72. The van der Waals surface area contributed by atoms with E-state index in [2.05, 4.69) is 32.6 Å². The molecule has 1 aliphatic rings. The fraction of sp³-hybridized carbons (Fsp3) is 0.500. The van der Waals surface area contributed by atoms with Gasteiger partial charge in [-0.05, 0) is 47.4 Å². The Morgan fingerprint density at radius 3 is 3.05 bits per heavy atom. The number of benzene rings is 1. The number of nitrogens with zero attached hydrogens (tertiary/aromatic N) is 1. The molecule has 19 heavy (non-hydrogen) atoms. The Morgan fingerprint density at radius 2 is 2.42 bits per heavy atom. The third-order valence-electron chi connectivity index (χ3n) is 3.50. The van der Waals surface area contributed by atoms with Crippen molar-refractivity contribution in [3.8, 4) is 6.07 Å². The smallest absolute Gasteiger partial charge is 0.103 e. The van der Waals surface area contributed by atoms with Crippen molar-refractivity contribution in [1.82, 2.24) is 5.32 Å². The Bertz CT molecular complexity index is 478. The fourth-order valence-electron chi connectivity index (χ4n) is 2.52. The van der Waals surface area contributed by atoms with E-state index < -0.39 is 0 Å². The van der Waals surface area contributed by atoms with Gasteiger partial charge >= 0.3 is 0 Å². The van der Waals surface area contributed by atoms with Crippen LogP contribution in [0.1, 0.15) is 18.4 Å². The molecule has 1 atom stereocenters. The van der Waals surface area contributed by atoms with Gasteiger partial charge in [0.05, 0.1) is 23.4 Å². The summed E-state index contributed by atoms with van der Waals surface area (Å²) in [5.41, 5.74) is 1.48. The highest BCUT2D eigenvalue weighted by atomic mass is 79.9. The Balaban J connectivity index is 2.10. The lowest BCUT2D eigenvalue weighted by Gasteiger charge is -2.29. The number of nitriles is 1. The monoisotopic (exact) mass is 323 g/mol. The molecule has 2 N–H and O–H groups in total. The van der Waals surface area contributed by atoms with Crippen LogP contribution < -0.4 is 10.6 Å². The van der Waals surface area contributed by atoms with E-state index in [1.165, 1.54) is 0 Å². The summed E-state index contributed by atoms with van der Waals surface area (Å²) in [6, 6.07) is 7.96. The molecule has 0 radical (unpaired) electrons. The van der Waals surface area contributed by atoms with Gasteiger partial charge in [0, 0.05) is 18.1 Å². The highest BCUT2D eigenvalue weighted by molar-refractivity contribution is 9.10. The van der Waals surface area contributed by atoms with Crippen LogP contribution in [0.4, 0.5) is 5.69 Å². The molecule has 1 saturated heterocycles. The first-order chi connectivity index (χ1) is 9.21. The lowest BCUT2D eigenvalue weighted by molar-refractivity contribution is 0.127. The molecule has 0 bridgehead atoms. The number of anilines is 1.